The van der Waals surface area contributed by atoms with Gasteiger partial charge in [-0.15, -0.1) is 0 Å². The molecule has 11 heavy (non-hydrogen) atoms. The molecule has 0 saturated heterocycles. The number of benzene rings is 1. The fourth-order valence-electron chi connectivity index (χ4n) is 0.983. The van der Waals surface area contributed by atoms with Crippen LogP contribution in [0.1, 0.15) is 12.5 Å². The van der Waals surface area contributed by atoms with Crippen molar-refractivity contribution in [1.29, 1.82) is 0 Å². The SMILES string of the molecule is CC(O)(O)Cc1ccccc1. The summed E-state index contributed by atoms with van der Waals surface area (Å²) in [6.07, 6.45) is 0.272. The first-order chi connectivity index (χ1) is 5.08. The molecule has 0 amide bonds. The van der Waals surface area contributed by atoms with E-state index in [-0.39, 0.29) is 6.42 Å². The zero-order chi connectivity index (χ0) is 8.32. The highest BCUT2D eigenvalue weighted by Crippen LogP contribution is 2.08. The van der Waals surface area contributed by atoms with Crippen molar-refractivity contribution in [3.05, 3.63) is 35.9 Å². The van der Waals surface area contributed by atoms with E-state index in [1.54, 1.807) is 0 Å². The topological polar surface area (TPSA) is 40.5 Å². The summed E-state index contributed by atoms with van der Waals surface area (Å²) >= 11 is 0. The van der Waals surface area contributed by atoms with Gasteiger partial charge < -0.3 is 10.2 Å². The number of hydrogen-bond donors (Lipinski definition) is 2. The summed E-state index contributed by atoms with van der Waals surface area (Å²) in [7, 11) is 0. The standard InChI is InChI=1S/C9H12O2/c1-9(10,11)7-8-5-3-2-4-6-8/h2-6,10-11H,7H2,1H3. The van der Waals surface area contributed by atoms with Crippen LogP contribution in [0.5, 0.6) is 0 Å². The number of aliphatic hydroxyl groups is 2. The minimum absolute atomic E-state index is 0.272. The van der Waals surface area contributed by atoms with Gasteiger partial charge >= 0.3 is 0 Å². The van der Waals surface area contributed by atoms with E-state index in [9.17, 15) is 0 Å². The minimum atomic E-state index is -1.60. The third-order valence-electron chi connectivity index (χ3n) is 1.38. The van der Waals surface area contributed by atoms with Gasteiger partial charge in [0.05, 0.1) is 0 Å². The molecule has 0 aliphatic rings. The predicted molar refractivity (Wildman–Crippen MR) is 43.0 cm³/mol. The summed E-state index contributed by atoms with van der Waals surface area (Å²) in [4.78, 5) is 0. The minimum Gasteiger partial charge on any atom is -0.366 e. The van der Waals surface area contributed by atoms with Gasteiger partial charge in [-0.25, -0.2) is 0 Å². The highest BCUT2D eigenvalue weighted by atomic mass is 16.5. The summed E-state index contributed by atoms with van der Waals surface area (Å²) in [5.74, 6) is -1.60. The largest absolute Gasteiger partial charge is 0.366 e. The van der Waals surface area contributed by atoms with Crippen molar-refractivity contribution in [3.63, 3.8) is 0 Å². The van der Waals surface area contributed by atoms with Crippen molar-refractivity contribution < 1.29 is 10.2 Å². The van der Waals surface area contributed by atoms with Crippen molar-refractivity contribution in [2.75, 3.05) is 0 Å². The molecule has 0 atom stereocenters. The van der Waals surface area contributed by atoms with Gasteiger partial charge in [0.25, 0.3) is 0 Å². The first kappa shape index (κ1) is 8.24. The average molecular weight is 152 g/mol. The summed E-state index contributed by atoms with van der Waals surface area (Å²) in [5, 5.41) is 18.1. The molecule has 2 heteroatoms. The Hall–Kier alpha value is -0.860. The van der Waals surface area contributed by atoms with E-state index in [1.807, 2.05) is 30.3 Å². The highest BCUT2D eigenvalue weighted by Gasteiger charge is 2.14. The third-order valence-corrected chi connectivity index (χ3v) is 1.38. The molecule has 0 radical (unpaired) electrons. The van der Waals surface area contributed by atoms with Crippen LogP contribution >= 0.6 is 0 Å². The molecule has 2 N–H and O–H groups in total. The molecule has 0 aromatic heterocycles. The van der Waals surface area contributed by atoms with Gasteiger partial charge in [-0.05, 0) is 12.5 Å². The van der Waals surface area contributed by atoms with Crippen LogP contribution in [0, 0.1) is 0 Å². The van der Waals surface area contributed by atoms with E-state index in [0.29, 0.717) is 0 Å². The van der Waals surface area contributed by atoms with Gasteiger partial charge in [-0.3, -0.25) is 0 Å². The van der Waals surface area contributed by atoms with E-state index in [1.165, 1.54) is 6.92 Å². The first-order valence-electron chi connectivity index (χ1n) is 3.57. The Balaban J connectivity index is 2.66. The van der Waals surface area contributed by atoms with Crippen LogP contribution < -0.4 is 0 Å². The summed E-state index contributed by atoms with van der Waals surface area (Å²) in [6.45, 7) is 1.38. The molecule has 0 heterocycles. The second kappa shape index (κ2) is 3.03. The highest BCUT2D eigenvalue weighted by molar-refractivity contribution is 5.15. The zero-order valence-electron chi connectivity index (χ0n) is 6.49. The number of hydrogen-bond acceptors (Lipinski definition) is 2. The molecule has 0 unspecified atom stereocenters. The lowest BCUT2D eigenvalue weighted by molar-refractivity contribution is -0.142. The van der Waals surface area contributed by atoms with Crippen LogP contribution in [0.3, 0.4) is 0 Å². The molecule has 1 aromatic carbocycles. The normalized spacial score (nSPS) is 11.5. The summed E-state index contributed by atoms with van der Waals surface area (Å²) < 4.78 is 0. The van der Waals surface area contributed by atoms with Crippen LogP contribution in [-0.4, -0.2) is 16.0 Å². The van der Waals surface area contributed by atoms with Gasteiger partial charge in [0.15, 0.2) is 5.79 Å². The fourth-order valence-corrected chi connectivity index (χ4v) is 0.983. The maximum Gasteiger partial charge on any atom is 0.163 e. The Morgan fingerprint density at radius 2 is 1.73 bits per heavy atom. The maximum atomic E-state index is 9.03. The van der Waals surface area contributed by atoms with Crippen LogP contribution in [0.2, 0.25) is 0 Å². The Kier molecular flexibility index (Phi) is 2.27. The lowest BCUT2D eigenvalue weighted by Gasteiger charge is -2.14. The molecule has 0 spiro atoms. The molecule has 1 aromatic rings. The van der Waals surface area contributed by atoms with Gasteiger partial charge in [-0.2, -0.15) is 0 Å². The Morgan fingerprint density at radius 3 is 2.18 bits per heavy atom. The molecule has 0 aliphatic heterocycles. The molecule has 0 aliphatic carbocycles. The zero-order valence-corrected chi connectivity index (χ0v) is 6.49. The fraction of sp³-hybridized carbons (Fsp3) is 0.333. The molecule has 0 saturated carbocycles. The maximum absolute atomic E-state index is 9.03. The molecule has 60 valence electrons. The average Bonchev–Trinajstić information content (AvgIpc) is 1.85. The van der Waals surface area contributed by atoms with E-state index < -0.39 is 5.79 Å². The van der Waals surface area contributed by atoms with Gasteiger partial charge in [-0.1, -0.05) is 30.3 Å². The van der Waals surface area contributed by atoms with Crippen molar-refractivity contribution in [1.82, 2.24) is 0 Å². The summed E-state index contributed by atoms with van der Waals surface area (Å²) in [5.41, 5.74) is 0.931. The second-order valence-corrected chi connectivity index (χ2v) is 2.88. The van der Waals surface area contributed by atoms with E-state index in [0.717, 1.165) is 5.56 Å². The second-order valence-electron chi connectivity index (χ2n) is 2.88. The molecular weight excluding hydrogens is 140 g/mol. The lowest BCUT2D eigenvalue weighted by atomic mass is 10.1. The smallest absolute Gasteiger partial charge is 0.163 e. The van der Waals surface area contributed by atoms with Gasteiger partial charge in [0.2, 0.25) is 0 Å². The van der Waals surface area contributed by atoms with Gasteiger partial charge in [0.1, 0.15) is 0 Å². The van der Waals surface area contributed by atoms with E-state index in [2.05, 4.69) is 0 Å². The van der Waals surface area contributed by atoms with Crippen LogP contribution in [-0.2, 0) is 6.42 Å². The van der Waals surface area contributed by atoms with E-state index in [4.69, 9.17) is 10.2 Å². The van der Waals surface area contributed by atoms with E-state index >= 15 is 0 Å². The Morgan fingerprint density at radius 1 is 1.18 bits per heavy atom. The molecular formula is C9H12O2. The van der Waals surface area contributed by atoms with Gasteiger partial charge in [0, 0.05) is 6.42 Å². The Bertz CT molecular complexity index is 211. The summed E-state index contributed by atoms with van der Waals surface area (Å²) in [6, 6.07) is 9.38. The molecule has 2 nitrogen and oxygen atoms in total. The number of rotatable bonds is 2. The lowest BCUT2D eigenvalue weighted by Crippen LogP contribution is -2.25. The third kappa shape index (κ3) is 3.16. The molecule has 0 fully saturated rings. The molecule has 0 bridgehead atoms. The monoisotopic (exact) mass is 152 g/mol. The van der Waals surface area contributed by atoms with Crippen LogP contribution in [0.25, 0.3) is 0 Å². The van der Waals surface area contributed by atoms with Crippen LogP contribution in [0.4, 0.5) is 0 Å². The quantitative estimate of drug-likeness (QED) is 0.619. The van der Waals surface area contributed by atoms with Crippen molar-refractivity contribution in [2.45, 2.75) is 19.1 Å². The van der Waals surface area contributed by atoms with Crippen molar-refractivity contribution in [2.24, 2.45) is 0 Å². The predicted octanol–water partition coefficient (Wildman–Crippen LogP) is 0.930. The van der Waals surface area contributed by atoms with Crippen molar-refractivity contribution in [3.8, 4) is 0 Å². The van der Waals surface area contributed by atoms with Crippen molar-refractivity contribution >= 4 is 0 Å². The Labute approximate surface area is 66.1 Å². The molecule has 1 rings (SSSR count). The van der Waals surface area contributed by atoms with Crippen LogP contribution in [0.15, 0.2) is 30.3 Å². The first-order valence-corrected chi connectivity index (χ1v) is 3.57.